The van der Waals surface area contributed by atoms with Crippen LogP contribution in [0.5, 0.6) is 0 Å². The molecule has 0 bridgehead atoms. The lowest BCUT2D eigenvalue weighted by atomic mass is 10.2. The van der Waals surface area contributed by atoms with Crippen molar-refractivity contribution in [3.05, 3.63) is 24.3 Å². The zero-order chi connectivity index (χ0) is 16.9. The quantitative estimate of drug-likeness (QED) is 0.826. The number of nitrogens with one attached hydrogen (secondary N) is 1. The summed E-state index contributed by atoms with van der Waals surface area (Å²) in [6.45, 7) is 4.71. The zero-order valence-corrected chi connectivity index (χ0v) is 14.3. The fourth-order valence-corrected chi connectivity index (χ4v) is 3.43. The number of benzene rings is 1. The maximum absolute atomic E-state index is 11.8. The predicted octanol–water partition coefficient (Wildman–Crippen LogP) is 0.743. The van der Waals surface area contributed by atoms with Crippen molar-refractivity contribution < 1.29 is 17.9 Å². The van der Waals surface area contributed by atoms with Gasteiger partial charge in [0.1, 0.15) is 0 Å². The monoisotopic (exact) mass is 341 g/mol. The number of nitrogens with zero attached hydrogens (tertiary/aromatic N) is 2. The van der Waals surface area contributed by atoms with Gasteiger partial charge in [0.25, 0.3) is 0 Å². The predicted molar refractivity (Wildman–Crippen MR) is 90.2 cm³/mol. The Morgan fingerprint density at radius 1 is 1.17 bits per heavy atom. The molecule has 0 spiro atoms. The first-order chi connectivity index (χ1) is 10.9. The Labute approximate surface area is 137 Å². The van der Waals surface area contributed by atoms with Gasteiger partial charge < -0.3 is 14.5 Å². The molecule has 1 amide bonds. The lowest BCUT2D eigenvalue weighted by molar-refractivity contribution is -0.129. The Morgan fingerprint density at radius 2 is 1.78 bits per heavy atom. The molecule has 1 aliphatic heterocycles. The Balaban J connectivity index is 1.94. The standard InChI is InChI=1S/C15H23N3O4S/c1-13(19)17-7-9-18(10-8-17)15-5-3-14(4-6-15)16-23(20,21)12-11-22-2/h3-6,16H,7-12H2,1-2H3. The zero-order valence-electron chi connectivity index (χ0n) is 13.5. The Kier molecular flexibility index (Phi) is 5.84. The van der Waals surface area contributed by atoms with E-state index < -0.39 is 10.0 Å². The first kappa shape index (κ1) is 17.6. The fourth-order valence-electron chi connectivity index (χ4n) is 2.44. The minimum Gasteiger partial charge on any atom is -0.384 e. The van der Waals surface area contributed by atoms with E-state index in [0.29, 0.717) is 18.8 Å². The van der Waals surface area contributed by atoms with E-state index in [1.807, 2.05) is 17.0 Å². The molecule has 23 heavy (non-hydrogen) atoms. The van der Waals surface area contributed by atoms with E-state index in [2.05, 4.69) is 9.62 Å². The highest BCUT2D eigenvalue weighted by atomic mass is 32.2. The normalized spacial score (nSPS) is 15.6. The van der Waals surface area contributed by atoms with Crippen LogP contribution >= 0.6 is 0 Å². The highest BCUT2D eigenvalue weighted by molar-refractivity contribution is 7.92. The minimum atomic E-state index is -3.38. The van der Waals surface area contributed by atoms with E-state index in [9.17, 15) is 13.2 Å². The second-order valence-corrected chi connectivity index (χ2v) is 7.30. The minimum absolute atomic E-state index is 0.0712. The molecule has 1 aliphatic rings. The fraction of sp³-hybridized carbons (Fsp3) is 0.533. The van der Waals surface area contributed by atoms with Crippen molar-refractivity contribution >= 4 is 27.3 Å². The summed E-state index contributed by atoms with van der Waals surface area (Å²) < 4.78 is 30.9. The molecule has 1 fully saturated rings. The molecule has 0 atom stereocenters. The number of anilines is 2. The van der Waals surface area contributed by atoms with Gasteiger partial charge in [-0.1, -0.05) is 0 Å². The molecule has 1 N–H and O–H groups in total. The van der Waals surface area contributed by atoms with Crippen molar-refractivity contribution in [1.82, 2.24) is 4.90 Å². The number of hydrogen-bond acceptors (Lipinski definition) is 5. The van der Waals surface area contributed by atoms with Crippen molar-refractivity contribution in [2.45, 2.75) is 6.92 Å². The van der Waals surface area contributed by atoms with Gasteiger partial charge in [-0.15, -0.1) is 0 Å². The van der Waals surface area contributed by atoms with Crippen LogP contribution in [0, 0.1) is 0 Å². The van der Waals surface area contributed by atoms with Gasteiger partial charge >= 0.3 is 0 Å². The van der Waals surface area contributed by atoms with E-state index in [1.54, 1.807) is 19.1 Å². The summed E-state index contributed by atoms with van der Waals surface area (Å²) in [6, 6.07) is 7.27. The van der Waals surface area contributed by atoms with Crippen molar-refractivity contribution in [2.75, 3.05) is 55.3 Å². The third-order valence-corrected chi connectivity index (χ3v) is 5.04. The molecular weight excluding hydrogens is 318 g/mol. The van der Waals surface area contributed by atoms with Gasteiger partial charge in [0.2, 0.25) is 15.9 Å². The SMILES string of the molecule is COCCS(=O)(=O)Nc1ccc(N2CCN(C(C)=O)CC2)cc1. The first-order valence-corrected chi connectivity index (χ1v) is 9.16. The van der Waals surface area contributed by atoms with Crippen LogP contribution in [0.3, 0.4) is 0 Å². The summed E-state index contributed by atoms with van der Waals surface area (Å²) in [5, 5.41) is 0. The topological polar surface area (TPSA) is 79.0 Å². The average molecular weight is 341 g/mol. The van der Waals surface area contributed by atoms with E-state index >= 15 is 0 Å². The molecule has 2 rings (SSSR count). The summed E-state index contributed by atoms with van der Waals surface area (Å²) in [4.78, 5) is 15.3. The number of sulfonamides is 1. The van der Waals surface area contributed by atoms with Crippen molar-refractivity contribution in [3.63, 3.8) is 0 Å². The molecule has 1 heterocycles. The third-order valence-electron chi connectivity index (χ3n) is 3.79. The molecule has 1 saturated heterocycles. The van der Waals surface area contributed by atoms with E-state index in [1.165, 1.54) is 7.11 Å². The first-order valence-electron chi connectivity index (χ1n) is 7.51. The van der Waals surface area contributed by atoms with E-state index in [-0.39, 0.29) is 18.3 Å². The highest BCUT2D eigenvalue weighted by Gasteiger charge is 2.18. The van der Waals surface area contributed by atoms with Gasteiger partial charge in [0.05, 0.1) is 12.4 Å². The van der Waals surface area contributed by atoms with Crippen molar-refractivity contribution in [3.8, 4) is 0 Å². The lowest BCUT2D eigenvalue weighted by Gasteiger charge is -2.35. The Hall–Kier alpha value is -1.80. The molecule has 7 nitrogen and oxygen atoms in total. The van der Waals surface area contributed by atoms with Gasteiger partial charge in [0, 0.05) is 51.6 Å². The molecule has 0 saturated carbocycles. The van der Waals surface area contributed by atoms with Crippen LogP contribution in [0.25, 0.3) is 0 Å². The molecule has 0 aliphatic carbocycles. The average Bonchev–Trinajstić information content (AvgIpc) is 2.53. The van der Waals surface area contributed by atoms with Crippen molar-refractivity contribution in [2.24, 2.45) is 0 Å². The van der Waals surface area contributed by atoms with Gasteiger partial charge in [-0.2, -0.15) is 0 Å². The molecular formula is C15H23N3O4S. The summed E-state index contributed by atoms with van der Waals surface area (Å²) in [7, 11) is -1.92. The molecule has 0 unspecified atom stereocenters. The van der Waals surface area contributed by atoms with Crippen molar-refractivity contribution in [1.29, 1.82) is 0 Å². The Bertz CT molecular complexity index is 623. The molecule has 128 valence electrons. The van der Waals surface area contributed by atoms with Gasteiger partial charge in [-0.25, -0.2) is 8.42 Å². The smallest absolute Gasteiger partial charge is 0.234 e. The number of amides is 1. The molecule has 0 radical (unpaired) electrons. The number of carbonyl (C=O) groups excluding carboxylic acids is 1. The van der Waals surface area contributed by atoms with E-state index in [0.717, 1.165) is 18.8 Å². The summed E-state index contributed by atoms with van der Waals surface area (Å²) in [6.07, 6.45) is 0. The van der Waals surface area contributed by atoms with Crippen LogP contribution in [0.15, 0.2) is 24.3 Å². The summed E-state index contributed by atoms with van der Waals surface area (Å²) >= 11 is 0. The maximum atomic E-state index is 11.8. The van der Waals surface area contributed by atoms with Crippen LogP contribution in [0.2, 0.25) is 0 Å². The van der Waals surface area contributed by atoms with E-state index in [4.69, 9.17) is 4.74 Å². The number of piperazine rings is 1. The molecule has 1 aromatic carbocycles. The van der Waals surface area contributed by atoms with Crippen LogP contribution in [-0.2, 0) is 19.6 Å². The lowest BCUT2D eigenvalue weighted by Crippen LogP contribution is -2.48. The van der Waals surface area contributed by atoms with Crippen LogP contribution < -0.4 is 9.62 Å². The van der Waals surface area contributed by atoms with Gasteiger partial charge in [0.15, 0.2) is 0 Å². The van der Waals surface area contributed by atoms with Crippen LogP contribution in [0.4, 0.5) is 11.4 Å². The van der Waals surface area contributed by atoms with Gasteiger partial charge in [-0.3, -0.25) is 9.52 Å². The summed E-state index contributed by atoms with van der Waals surface area (Å²) in [5.41, 5.74) is 1.56. The second-order valence-electron chi connectivity index (χ2n) is 5.45. The highest BCUT2D eigenvalue weighted by Crippen LogP contribution is 2.20. The number of ether oxygens (including phenoxy) is 1. The Morgan fingerprint density at radius 3 is 2.30 bits per heavy atom. The number of methoxy groups -OCH3 is 1. The largest absolute Gasteiger partial charge is 0.384 e. The van der Waals surface area contributed by atoms with Crippen LogP contribution in [0.1, 0.15) is 6.92 Å². The maximum Gasteiger partial charge on any atom is 0.234 e. The number of rotatable bonds is 6. The molecule has 1 aromatic rings. The second kappa shape index (κ2) is 7.65. The number of carbonyl (C=O) groups is 1. The number of hydrogen-bond donors (Lipinski definition) is 1. The van der Waals surface area contributed by atoms with Gasteiger partial charge in [-0.05, 0) is 24.3 Å². The molecule has 8 heteroatoms. The third kappa shape index (κ3) is 5.11. The summed E-state index contributed by atoms with van der Waals surface area (Å²) in [5.74, 6) is 0.0311. The van der Waals surface area contributed by atoms with Crippen LogP contribution in [-0.4, -0.2) is 64.9 Å². The molecule has 0 aromatic heterocycles.